The zero-order valence-corrected chi connectivity index (χ0v) is 12.7. The minimum atomic E-state index is 0.241. The Labute approximate surface area is 126 Å². The largest absolute Gasteiger partial charge is 0.340 e. The van der Waals surface area contributed by atoms with E-state index < -0.39 is 0 Å². The van der Waals surface area contributed by atoms with Crippen LogP contribution in [0.2, 0.25) is 0 Å². The number of likely N-dealkylation sites (tertiary alicyclic amines) is 1. The average Bonchev–Trinajstić information content (AvgIpc) is 3.21. The maximum atomic E-state index is 12.9. The van der Waals surface area contributed by atoms with Crippen LogP contribution in [0.25, 0.3) is 0 Å². The summed E-state index contributed by atoms with van der Waals surface area (Å²) >= 11 is 0. The summed E-state index contributed by atoms with van der Waals surface area (Å²) in [7, 11) is 0. The molecule has 5 atom stereocenters. The molecular formula is C18H24N2O. The Hall–Kier alpha value is -1.35. The molecule has 5 unspecified atom stereocenters. The minimum Gasteiger partial charge on any atom is -0.340 e. The highest BCUT2D eigenvalue weighted by molar-refractivity contribution is 5.84. The summed E-state index contributed by atoms with van der Waals surface area (Å²) in [6, 6.07) is 9.27. The number of aryl methyl sites for hydroxylation is 1. The molecule has 21 heavy (non-hydrogen) atoms. The van der Waals surface area contributed by atoms with Gasteiger partial charge in [0.15, 0.2) is 0 Å². The molecule has 0 aromatic heterocycles. The molecule has 1 heterocycles. The number of nitrogens with two attached hydrogens (primary N) is 1. The van der Waals surface area contributed by atoms with Crippen molar-refractivity contribution in [3.63, 3.8) is 0 Å². The fourth-order valence-electron chi connectivity index (χ4n) is 4.63. The van der Waals surface area contributed by atoms with Crippen LogP contribution in [0.15, 0.2) is 24.3 Å². The lowest BCUT2D eigenvalue weighted by Gasteiger charge is -2.36. The van der Waals surface area contributed by atoms with Gasteiger partial charge in [0.1, 0.15) is 0 Å². The summed E-state index contributed by atoms with van der Waals surface area (Å²) in [4.78, 5) is 15.0. The van der Waals surface area contributed by atoms with Gasteiger partial charge in [0.25, 0.3) is 0 Å². The molecule has 1 saturated carbocycles. The van der Waals surface area contributed by atoms with E-state index in [9.17, 15) is 4.79 Å². The van der Waals surface area contributed by atoms with E-state index in [1.54, 1.807) is 0 Å². The van der Waals surface area contributed by atoms with Crippen molar-refractivity contribution in [2.75, 3.05) is 6.54 Å². The minimum absolute atomic E-state index is 0.241. The Bertz CT molecular complexity index is 570. The van der Waals surface area contributed by atoms with Crippen molar-refractivity contribution < 1.29 is 4.79 Å². The predicted molar refractivity (Wildman–Crippen MR) is 82.9 cm³/mol. The lowest BCUT2D eigenvalue weighted by atomic mass is 9.92. The molecule has 1 amide bonds. The molecule has 0 radical (unpaired) electrons. The molecule has 3 aliphatic rings. The van der Waals surface area contributed by atoms with Crippen molar-refractivity contribution in [3.05, 3.63) is 35.4 Å². The van der Waals surface area contributed by atoms with E-state index in [0.29, 0.717) is 23.8 Å². The molecular weight excluding hydrogens is 260 g/mol. The van der Waals surface area contributed by atoms with Crippen LogP contribution in [0.5, 0.6) is 0 Å². The highest BCUT2D eigenvalue weighted by Crippen LogP contribution is 2.60. The topological polar surface area (TPSA) is 46.3 Å². The molecule has 2 aliphatic carbocycles. The summed E-state index contributed by atoms with van der Waals surface area (Å²) in [5.41, 5.74) is 8.92. The van der Waals surface area contributed by atoms with Gasteiger partial charge in [0.2, 0.25) is 5.91 Å². The van der Waals surface area contributed by atoms with Gasteiger partial charge in [-0.1, -0.05) is 24.3 Å². The Balaban J connectivity index is 1.53. The Morgan fingerprint density at radius 1 is 1.29 bits per heavy atom. The number of benzene rings is 1. The van der Waals surface area contributed by atoms with Crippen LogP contribution in [0.3, 0.4) is 0 Å². The number of carbonyl (C=O) groups excluding carboxylic acids is 1. The summed E-state index contributed by atoms with van der Waals surface area (Å²) < 4.78 is 0. The van der Waals surface area contributed by atoms with Crippen molar-refractivity contribution in [2.24, 2.45) is 17.6 Å². The van der Waals surface area contributed by atoms with Crippen LogP contribution in [-0.4, -0.2) is 29.4 Å². The standard InChI is InChI=1S/C18H24N2O/c1-11-10-13(19)8-9-20(11)18(21)17-15-7-6-12-4-2-3-5-14(12)16(15)17/h2-5,11,13,15-17H,6-10,19H2,1H3. The van der Waals surface area contributed by atoms with E-state index in [-0.39, 0.29) is 12.0 Å². The van der Waals surface area contributed by atoms with E-state index >= 15 is 0 Å². The molecule has 112 valence electrons. The molecule has 3 nitrogen and oxygen atoms in total. The number of carbonyl (C=O) groups is 1. The van der Waals surface area contributed by atoms with Gasteiger partial charge in [-0.2, -0.15) is 0 Å². The molecule has 4 rings (SSSR count). The third-order valence-electron chi connectivity index (χ3n) is 5.81. The average molecular weight is 284 g/mol. The van der Waals surface area contributed by atoms with Crippen LogP contribution in [0.4, 0.5) is 0 Å². The van der Waals surface area contributed by atoms with Crippen LogP contribution in [0.1, 0.15) is 43.2 Å². The number of hydrogen-bond donors (Lipinski definition) is 1. The predicted octanol–water partition coefficient (Wildman–Crippen LogP) is 2.30. The highest BCUT2D eigenvalue weighted by atomic mass is 16.2. The van der Waals surface area contributed by atoms with E-state index in [4.69, 9.17) is 5.73 Å². The lowest BCUT2D eigenvalue weighted by Crippen LogP contribution is -2.49. The molecule has 2 N–H and O–H groups in total. The van der Waals surface area contributed by atoms with Crippen LogP contribution in [-0.2, 0) is 11.2 Å². The van der Waals surface area contributed by atoms with Gasteiger partial charge in [-0.15, -0.1) is 0 Å². The molecule has 0 bridgehead atoms. The maximum Gasteiger partial charge on any atom is 0.226 e. The molecule has 3 heteroatoms. The molecule has 1 aromatic rings. The van der Waals surface area contributed by atoms with Gasteiger partial charge in [-0.3, -0.25) is 4.79 Å². The maximum absolute atomic E-state index is 12.9. The van der Waals surface area contributed by atoms with Gasteiger partial charge in [-0.05, 0) is 55.6 Å². The second-order valence-electron chi connectivity index (χ2n) is 7.12. The zero-order chi connectivity index (χ0) is 14.6. The van der Waals surface area contributed by atoms with Gasteiger partial charge < -0.3 is 10.6 Å². The van der Waals surface area contributed by atoms with Crippen LogP contribution < -0.4 is 5.73 Å². The van der Waals surface area contributed by atoms with Crippen LogP contribution in [0, 0.1) is 11.8 Å². The Morgan fingerprint density at radius 3 is 2.90 bits per heavy atom. The third-order valence-corrected chi connectivity index (χ3v) is 5.81. The fourth-order valence-corrected chi connectivity index (χ4v) is 4.63. The van der Waals surface area contributed by atoms with E-state index in [2.05, 4.69) is 36.1 Å². The number of piperidine rings is 1. The first kappa shape index (κ1) is 13.3. The molecule has 1 aromatic carbocycles. The second kappa shape index (κ2) is 4.84. The van der Waals surface area contributed by atoms with Crippen molar-refractivity contribution in [1.29, 1.82) is 0 Å². The Morgan fingerprint density at radius 2 is 2.10 bits per heavy atom. The molecule has 1 aliphatic heterocycles. The van der Waals surface area contributed by atoms with Gasteiger partial charge in [0, 0.05) is 24.5 Å². The first-order chi connectivity index (χ1) is 10.2. The van der Waals surface area contributed by atoms with E-state index in [1.807, 2.05) is 0 Å². The fraction of sp³-hybridized carbons (Fsp3) is 0.611. The smallest absolute Gasteiger partial charge is 0.226 e. The number of fused-ring (bicyclic) bond motifs is 3. The second-order valence-corrected chi connectivity index (χ2v) is 7.12. The number of hydrogen-bond acceptors (Lipinski definition) is 2. The van der Waals surface area contributed by atoms with Crippen LogP contribution >= 0.6 is 0 Å². The highest BCUT2D eigenvalue weighted by Gasteiger charge is 2.58. The monoisotopic (exact) mass is 284 g/mol. The first-order valence-electron chi connectivity index (χ1n) is 8.30. The van der Waals surface area contributed by atoms with Crippen molar-refractivity contribution in [1.82, 2.24) is 4.90 Å². The van der Waals surface area contributed by atoms with Crippen molar-refractivity contribution in [3.8, 4) is 0 Å². The van der Waals surface area contributed by atoms with Gasteiger partial charge >= 0.3 is 0 Å². The number of rotatable bonds is 1. The van der Waals surface area contributed by atoms with Gasteiger partial charge in [-0.25, -0.2) is 0 Å². The van der Waals surface area contributed by atoms with Gasteiger partial charge in [0.05, 0.1) is 0 Å². The summed E-state index contributed by atoms with van der Waals surface area (Å²) in [5.74, 6) is 1.71. The number of amides is 1. The summed E-state index contributed by atoms with van der Waals surface area (Å²) in [6.07, 6.45) is 4.22. The first-order valence-corrected chi connectivity index (χ1v) is 8.30. The summed E-state index contributed by atoms with van der Waals surface area (Å²) in [5, 5.41) is 0. The quantitative estimate of drug-likeness (QED) is 0.860. The Kier molecular flexibility index (Phi) is 3.07. The normalized spacial score (nSPS) is 37.6. The van der Waals surface area contributed by atoms with Crippen molar-refractivity contribution >= 4 is 5.91 Å². The SMILES string of the molecule is CC1CC(N)CCN1C(=O)C1C2CCc3ccccc3C21. The van der Waals surface area contributed by atoms with E-state index in [1.165, 1.54) is 17.5 Å². The van der Waals surface area contributed by atoms with E-state index in [0.717, 1.165) is 25.8 Å². The lowest BCUT2D eigenvalue weighted by molar-refractivity contribution is -0.136. The number of nitrogens with zero attached hydrogens (tertiary/aromatic N) is 1. The third kappa shape index (κ3) is 2.10. The molecule has 2 fully saturated rings. The van der Waals surface area contributed by atoms with Crippen molar-refractivity contribution in [2.45, 2.75) is 50.6 Å². The molecule has 1 saturated heterocycles. The molecule has 0 spiro atoms. The summed E-state index contributed by atoms with van der Waals surface area (Å²) in [6.45, 7) is 3.00. The zero-order valence-electron chi connectivity index (χ0n) is 12.7.